The summed E-state index contributed by atoms with van der Waals surface area (Å²) in [6.45, 7) is -1.40. The van der Waals surface area contributed by atoms with Crippen molar-refractivity contribution in [2.45, 2.75) is 48.0 Å². The molecule has 0 amide bonds. The lowest BCUT2D eigenvalue weighted by molar-refractivity contribution is -0.134. The number of ether oxygens (including phenoxy) is 1. The van der Waals surface area contributed by atoms with Gasteiger partial charge in [-0.3, -0.25) is 4.55 Å². The van der Waals surface area contributed by atoms with Crippen molar-refractivity contribution in [3.8, 4) is 0 Å². The molecule has 9 atom stereocenters. The Labute approximate surface area is 159 Å². The van der Waals surface area contributed by atoms with Crippen molar-refractivity contribution in [1.29, 1.82) is 0 Å². The maximum atomic E-state index is 11.1. The van der Waals surface area contributed by atoms with E-state index in [9.17, 15) is 39.1 Å². The van der Waals surface area contributed by atoms with Crippen LogP contribution in [0.2, 0.25) is 0 Å². The lowest BCUT2D eigenvalue weighted by atomic mass is 10.00. The molecule has 0 aromatic heterocycles. The van der Waals surface area contributed by atoms with Gasteiger partial charge in [-0.15, -0.1) is 0 Å². The standard InChI is InChI=1S/C13H26O12S2/c1-24-8(5-26-4-7(17)10(18)9(26)3-15)13(25-27(21,22)23)12(20)11(19)6(16)2-14/h6-20H,2-5H2,1H3/p+1/t6-,7+,8+,9+,10-,11+,12+,13+,26?/m0/s1. The number of methoxy groups -OCH3 is 1. The molecule has 1 heterocycles. The molecular formula is C13H27O12S2+. The van der Waals surface area contributed by atoms with E-state index < -0.39 is 82.5 Å². The number of aliphatic hydroxyl groups excluding tert-OH is 7. The van der Waals surface area contributed by atoms with Gasteiger partial charge in [0.2, 0.25) is 0 Å². The molecule has 1 rings (SSSR count). The Morgan fingerprint density at radius 1 is 1.15 bits per heavy atom. The third kappa shape index (κ3) is 6.73. The number of aliphatic hydroxyl groups is 7. The van der Waals surface area contributed by atoms with E-state index in [-0.39, 0.29) is 11.5 Å². The van der Waals surface area contributed by atoms with Crippen LogP contribution in [0.15, 0.2) is 0 Å². The van der Waals surface area contributed by atoms with E-state index in [1.165, 1.54) is 0 Å². The Hall–Kier alpha value is -0.100. The van der Waals surface area contributed by atoms with Gasteiger partial charge in [0.25, 0.3) is 0 Å². The molecule has 1 aliphatic rings. The molecular weight excluding hydrogens is 412 g/mol. The molecule has 1 fully saturated rings. The predicted molar refractivity (Wildman–Crippen MR) is 92.3 cm³/mol. The maximum Gasteiger partial charge on any atom is 0.397 e. The van der Waals surface area contributed by atoms with E-state index in [0.717, 1.165) is 7.11 Å². The first kappa shape index (κ1) is 24.9. The van der Waals surface area contributed by atoms with Crippen molar-refractivity contribution in [2.24, 2.45) is 0 Å². The molecule has 0 aliphatic carbocycles. The Morgan fingerprint density at radius 2 is 1.74 bits per heavy atom. The van der Waals surface area contributed by atoms with E-state index in [4.69, 9.17) is 14.4 Å². The molecule has 0 spiro atoms. The quantitative estimate of drug-likeness (QED) is 0.112. The first-order chi connectivity index (χ1) is 12.5. The molecule has 14 heteroatoms. The van der Waals surface area contributed by atoms with Crippen LogP contribution in [-0.2, 0) is 30.2 Å². The van der Waals surface area contributed by atoms with Crippen molar-refractivity contribution in [2.75, 3.05) is 31.8 Å². The minimum Gasteiger partial charge on any atom is -0.394 e. The fraction of sp³-hybridized carbons (Fsp3) is 1.00. The van der Waals surface area contributed by atoms with Gasteiger partial charge in [-0.1, -0.05) is 0 Å². The van der Waals surface area contributed by atoms with Gasteiger partial charge in [0.05, 0.1) is 13.2 Å². The van der Waals surface area contributed by atoms with Crippen LogP contribution in [0.25, 0.3) is 0 Å². The van der Waals surface area contributed by atoms with Crippen LogP contribution in [0.4, 0.5) is 0 Å². The van der Waals surface area contributed by atoms with Crippen LogP contribution in [-0.4, -0.2) is 129 Å². The van der Waals surface area contributed by atoms with Crippen molar-refractivity contribution in [3.05, 3.63) is 0 Å². The summed E-state index contributed by atoms with van der Waals surface area (Å²) in [4.78, 5) is 0. The van der Waals surface area contributed by atoms with E-state index >= 15 is 0 Å². The summed E-state index contributed by atoms with van der Waals surface area (Å²) in [6, 6.07) is 0. The van der Waals surface area contributed by atoms with Crippen LogP contribution < -0.4 is 0 Å². The average Bonchev–Trinajstić information content (AvgIpc) is 2.88. The third-order valence-corrected chi connectivity index (χ3v) is 7.59. The highest BCUT2D eigenvalue weighted by atomic mass is 32.3. The highest BCUT2D eigenvalue weighted by molar-refractivity contribution is 7.97. The topological polar surface area (TPSA) is 214 Å². The Balaban J connectivity index is 3.06. The summed E-state index contributed by atoms with van der Waals surface area (Å²) in [5.41, 5.74) is 0. The van der Waals surface area contributed by atoms with Gasteiger partial charge in [-0.05, 0) is 0 Å². The lowest BCUT2D eigenvalue weighted by Gasteiger charge is -2.32. The molecule has 12 nitrogen and oxygen atoms in total. The summed E-state index contributed by atoms with van der Waals surface area (Å²) in [5.74, 6) is -0.0300. The Bertz CT molecular complexity index is 545. The maximum absolute atomic E-state index is 11.1. The zero-order valence-corrected chi connectivity index (χ0v) is 16.1. The zero-order valence-electron chi connectivity index (χ0n) is 14.5. The zero-order chi connectivity index (χ0) is 20.9. The predicted octanol–water partition coefficient (Wildman–Crippen LogP) is -5.02. The van der Waals surface area contributed by atoms with Gasteiger partial charge in [0.15, 0.2) is 5.25 Å². The molecule has 27 heavy (non-hydrogen) atoms. The van der Waals surface area contributed by atoms with Crippen LogP contribution in [0, 0.1) is 0 Å². The Kier molecular flexibility index (Phi) is 9.80. The fourth-order valence-electron chi connectivity index (χ4n) is 2.81. The summed E-state index contributed by atoms with van der Waals surface area (Å²) in [5, 5.41) is 66.7. The van der Waals surface area contributed by atoms with E-state index in [1.807, 2.05) is 0 Å². The molecule has 0 saturated carbocycles. The molecule has 0 radical (unpaired) electrons. The summed E-state index contributed by atoms with van der Waals surface area (Å²) < 4.78 is 40.8. The molecule has 162 valence electrons. The molecule has 0 aromatic rings. The van der Waals surface area contributed by atoms with Crippen molar-refractivity contribution in [1.82, 2.24) is 0 Å². The minimum absolute atomic E-state index is 0.0722. The molecule has 1 aliphatic heterocycles. The van der Waals surface area contributed by atoms with E-state index in [0.29, 0.717) is 0 Å². The second-order valence-electron chi connectivity index (χ2n) is 6.14. The van der Waals surface area contributed by atoms with Crippen LogP contribution in [0.3, 0.4) is 0 Å². The summed E-state index contributed by atoms with van der Waals surface area (Å²) >= 11 is 0. The Morgan fingerprint density at radius 3 is 2.19 bits per heavy atom. The van der Waals surface area contributed by atoms with Gasteiger partial charge < -0.3 is 40.5 Å². The SMILES string of the molecule is CO[C@H](C[S+]1C[C@@H](O)[C@H](O)[C@H]1CO)[C@@H](OS(=O)(=O)O)[C@H](O)[C@H](O)[C@@H](O)CO. The summed E-state index contributed by atoms with van der Waals surface area (Å²) in [6.07, 6.45) is -11.4. The molecule has 1 saturated heterocycles. The van der Waals surface area contributed by atoms with Gasteiger partial charge in [0, 0.05) is 18.0 Å². The van der Waals surface area contributed by atoms with Gasteiger partial charge in [-0.2, -0.15) is 8.42 Å². The van der Waals surface area contributed by atoms with E-state index in [2.05, 4.69) is 4.18 Å². The summed E-state index contributed by atoms with van der Waals surface area (Å²) in [7, 11) is -4.85. The van der Waals surface area contributed by atoms with E-state index in [1.54, 1.807) is 0 Å². The normalized spacial score (nSPS) is 32.0. The largest absolute Gasteiger partial charge is 0.397 e. The van der Waals surface area contributed by atoms with Crippen LogP contribution >= 0.6 is 0 Å². The van der Waals surface area contributed by atoms with Crippen LogP contribution in [0.5, 0.6) is 0 Å². The second kappa shape index (κ2) is 10.6. The fourth-order valence-corrected chi connectivity index (χ4v) is 6.13. The smallest absolute Gasteiger partial charge is 0.394 e. The molecule has 1 unspecified atom stereocenters. The monoisotopic (exact) mass is 439 g/mol. The number of hydrogen-bond acceptors (Lipinski definition) is 11. The number of hydrogen-bond donors (Lipinski definition) is 8. The lowest BCUT2D eigenvalue weighted by Crippen LogP contribution is -2.54. The van der Waals surface area contributed by atoms with Crippen molar-refractivity contribution in [3.63, 3.8) is 0 Å². The third-order valence-electron chi connectivity index (χ3n) is 4.32. The second-order valence-corrected chi connectivity index (χ2v) is 9.54. The first-order valence-electron chi connectivity index (χ1n) is 7.93. The van der Waals surface area contributed by atoms with Crippen molar-refractivity contribution >= 4 is 21.3 Å². The molecule has 0 bridgehead atoms. The number of rotatable bonds is 11. The van der Waals surface area contributed by atoms with Gasteiger partial charge >= 0.3 is 10.4 Å². The first-order valence-corrected chi connectivity index (χ1v) is 10.9. The highest BCUT2D eigenvalue weighted by Crippen LogP contribution is 2.27. The minimum atomic E-state index is -5.10. The van der Waals surface area contributed by atoms with Gasteiger partial charge in [0.1, 0.15) is 54.2 Å². The van der Waals surface area contributed by atoms with Crippen molar-refractivity contribution < 1.29 is 57.6 Å². The van der Waals surface area contributed by atoms with Gasteiger partial charge in [-0.25, -0.2) is 4.18 Å². The average molecular weight is 439 g/mol. The molecule has 0 aromatic carbocycles. The highest BCUT2D eigenvalue weighted by Gasteiger charge is 2.52. The molecule has 8 N–H and O–H groups in total. The van der Waals surface area contributed by atoms with Crippen LogP contribution in [0.1, 0.15) is 0 Å².